The van der Waals surface area contributed by atoms with E-state index < -0.39 is 11.8 Å². The van der Waals surface area contributed by atoms with Crippen LogP contribution < -0.4 is 5.32 Å². The normalized spacial score (nSPS) is 30.6. The van der Waals surface area contributed by atoms with Gasteiger partial charge in [0.15, 0.2) is 0 Å². The number of halogens is 2. The van der Waals surface area contributed by atoms with Crippen LogP contribution in [0.5, 0.6) is 0 Å². The zero-order valence-corrected chi connectivity index (χ0v) is 16.9. The van der Waals surface area contributed by atoms with E-state index in [9.17, 15) is 9.59 Å². The van der Waals surface area contributed by atoms with Crippen molar-refractivity contribution >= 4 is 35.0 Å². The van der Waals surface area contributed by atoms with Gasteiger partial charge in [-0.05, 0) is 62.6 Å². The second-order valence-corrected chi connectivity index (χ2v) is 8.86. The molecule has 5 nitrogen and oxygen atoms in total. The minimum absolute atomic E-state index is 0.124. The van der Waals surface area contributed by atoms with Crippen molar-refractivity contribution in [2.45, 2.75) is 63.3 Å². The fourth-order valence-electron chi connectivity index (χ4n) is 4.07. The van der Waals surface area contributed by atoms with E-state index in [1.807, 2.05) is 0 Å². The third-order valence-electron chi connectivity index (χ3n) is 5.93. The number of carbonyl (C=O) groups excluding carboxylic acids is 2. The first kappa shape index (κ1) is 19.0. The van der Waals surface area contributed by atoms with Gasteiger partial charge in [0.2, 0.25) is 5.91 Å². The van der Waals surface area contributed by atoms with Gasteiger partial charge in [-0.15, -0.1) is 0 Å². The van der Waals surface area contributed by atoms with Gasteiger partial charge in [0.1, 0.15) is 11.8 Å². The second-order valence-electron chi connectivity index (χ2n) is 8.04. The van der Waals surface area contributed by atoms with Gasteiger partial charge in [-0.25, -0.2) is 0 Å². The summed E-state index contributed by atoms with van der Waals surface area (Å²) in [5.41, 5.74) is -0.279. The summed E-state index contributed by atoms with van der Waals surface area (Å²) >= 11 is 12.1. The van der Waals surface area contributed by atoms with Crippen molar-refractivity contribution in [3.63, 3.8) is 0 Å². The maximum Gasteiger partial charge on any atom is 0.256 e. The molecule has 1 spiro atoms. The van der Waals surface area contributed by atoms with Gasteiger partial charge in [0, 0.05) is 11.6 Å². The minimum atomic E-state index is -0.707. The van der Waals surface area contributed by atoms with Crippen molar-refractivity contribution in [1.82, 2.24) is 10.2 Å². The van der Waals surface area contributed by atoms with E-state index in [1.165, 1.54) is 0 Å². The average molecular weight is 411 g/mol. The van der Waals surface area contributed by atoms with Crippen LogP contribution in [0.2, 0.25) is 10.0 Å². The van der Waals surface area contributed by atoms with Gasteiger partial charge in [0.25, 0.3) is 5.91 Å². The smallest absolute Gasteiger partial charge is 0.256 e. The van der Waals surface area contributed by atoms with Crippen LogP contribution in [0.4, 0.5) is 0 Å². The standard InChI is InChI=1S/C20H24Cl2N2O3/c1-12-6-8-20(9-7-12)24(17(11-27-20)18(25)23-14-3-4-14)19(26)13-2-5-15(21)16(22)10-13/h2,5,10,12,14,17H,3-4,6-9,11H2,1H3,(H,23,25)/t12?,17-,20?/m1/s1. The molecule has 0 aromatic heterocycles. The molecule has 3 aliphatic rings. The van der Waals surface area contributed by atoms with Crippen LogP contribution in [-0.2, 0) is 9.53 Å². The zero-order chi connectivity index (χ0) is 19.2. The second kappa shape index (κ2) is 7.26. The Kier molecular flexibility index (Phi) is 5.12. The third kappa shape index (κ3) is 3.69. The predicted octanol–water partition coefficient (Wildman–Crippen LogP) is 4.02. The molecule has 1 aromatic carbocycles. The van der Waals surface area contributed by atoms with Crippen molar-refractivity contribution in [2.75, 3.05) is 6.61 Å². The summed E-state index contributed by atoms with van der Waals surface area (Å²) in [6, 6.07) is 4.47. The first-order valence-electron chi connectivity index (χ1n) is 9.63. The Hall–Kier alpha value is -1.30. The van der Waals surface area contributed by atoms with Crippen LogP contribution in [0.15, 0.2) is 18.2 Å². The number of amides is 2. The molecule has 4 rings (SSSR count). The maximum atomic E-state index is 13.4. The molecule has 1 aromatic rings. The molecule has 2 aliphatic carbocycles. The van der Waals surface area contributed by atoms with Crippen LogP contribution in [0.25, 0.3) is 0 Å². The van der Waals surface area contributed by atoms with Gasteiger partial charge < -0.3 is 10.1 Å². The van der Waals surface area contributed by atoms with E-state index in [-0.39, 0.29) is 24.5 Å². The lowest BCUT2D eigenvalue weighted by molar-refractivity contribution is -0.128. The van der Waals surface area contributed by atoms with E-state index in [2.05, 4.69) is 12.2 Å². The van der Waals surface area contributed by atoms with Gasteiger partial charge in [-0.3, -0.25) is 14.5 Å². The molecule has 3 fully saturated rings. The van der Waals surface area contributed by atoms with E-state index in [1.54, 1.807) is 23.1 Å². The molecule has 0 bridgehead atoms. The lowest BCUT2D eigenvalue weighted by Crippen LogP contribution is -2.57. The Bertz CT molecular complexity index is 758. The molecule has 1 saturated heterocycles. The number of ether oxygens (including phenoxy) is 1. The molecule has 1 atom stereocenters. The quantitative estimate of drug-likeness (QED) is 0.818. The van der Waals surface area contributed by atoms with Crippen LogP contribution in [0.1, 0.15) is 55.8 Å². The molecule has 7 heteroatoms. The van der Waals surface area contributed by atoms with E-state index in [0.717, 1.165) is 38.5 Å². The SMILES string of the molecule is CC1CCC2(CC1)OC[C@H](C(=O)NC1CC1)N2C(=O)c1ccc(Cl)c(Cl)c1. The minimum Gasteiger partial charge on any atom is -0.353 e. The summed E-state index contributed by atoms with van der Waals surface area (Å²) in [7, 11) is 0. The van der Waals surface area contributed by atoms with Crippen molar-refractivity contribution in [3.8, 4) is 0 Å². The van der Waals surface area contributed by atoms with E-state index in [4.69, 9.17) is 27.9 Å². The van der Waals surface area contributed by atoms with Gasteiger partial charge >= 0.3 is 0 Å². The highest BCUT2D eigenvalue weighted by molar-refractivity contribution is 6.42. The topological polar surface area (TPSA) is 58.6 Å². The average Bonchev–Trinajstić information content (AvgIpc) is 3.38. The van der Waals surface area contributed by atoms with Crippen molar-refractivity contribution in [1.29, 1.82) is 0 Å². The van der Waals surface area contributed by atoms with E-state index >= 15 is 0 Å². The van der Waals surface area contributed by atoms with Crippen LogP contribution in [0.3, 0.4) is 0 Å². The number of rotatable bonds is 3. The lowest BCUT2D eigenvalue weighted by atomic mass is 9.83. The van der Waals surface area contributed by atoms with Crippen molar-refractivity contribution in [2.24, 2.45) is 5.92 Å². The Morgan fingerprint density at radius 3 is 2.48 bits per heavy atom. The first-order valence-corrected chi connectivity index (χ1v) is 10.4. The summed E-state index contributed by atoms with van der Waals surface area (Å²) in [5.74, 6) is 0.249. The highest BCUT2D eigenvalue weighted by Gasteiger charge is 2.54. The third-order valence-corrected chi connectivity index (χ3v) is 6.67. The van der Waals surface area contributed by atoms with Crippen molar-refractivity contribution in [3.05, 3.63) is 33.8 Å². The number of hydrogen-bond acceptors (Lipinski definition) is 3. The Labute approximate surface area is 169 Å². The fraction of sp³-hybridized carbons (Fsp3) is 0.600. The Morgan fingerprint density at radius 2 is 1.85 bits per heavy atom. The molecule has 27 heavy (non-hydrogen) atoms. The highest BCUT2D eigenvalue weighted by Crippen LogP contribution is 2.43. The molecule has 0 radical (unpaired) electrons. The van der Waals surface area contributed by atoms with E-state index in [0.29, 0.717) is 21.5 Å². The predicted molar refractivity (Wildman–Crippen MR) is 104 cm³/mol. The maximum absolute atomic E-state index is 13.4. The van der Waals surface area contributed by atoms with Crippen LogP contribution in [0, 0.1) is 5.92 Å². The monoisotopic (exact) mass is 410 g/mol. The molecule has 1 N–H and O–H groups in total. The number of benzene rings is 1. The molecule has 0 unspecified atom stereocenters. The molecule has 1 aliphatic heterocycles. The van der Waals surface area contributed by atoms with Gasteiger partial charge in [-0.2, -0.15) is 0 Å². The van der Waals surface area contributed by atoms with Crippen molar-refractivity contribution < 1.29 is 14.3 Å². The Balaban J connectivity index is 1.65. The Morgan fingerprint density at radius 1 is 1.15 bits per heavy atom. The van der Waals surface area contributed by atoms with Crippen LogP contribution >= 0.6 is 23.2 Å². The molecular weight excluding hydrogens is 387 g/mol. The molecule has 2 amide bonds. The van der Waals surface area contributed by atoms with Gasteiger partial charge in [-0.1, -0.05) is 30.1 Å². The van der Waals surface area contributed by atoms with Crippen LogP contribution in [-0.4, -0.2) is 41.1 Å². The highest BCUT2D eigenvalue weighted by atomic mass is 35.5. The molecule has 146 valence electrons. The molecule has 2 saturated carbocycles. The summed E-state index contributed by atoms with van der Waals surface area (Å²) in [6.07, 6.45) is 5.44. The summed E-state index contributed by atoms with van der Waals surface area (Å²) in [5, 5.41) is 3.75. The molecule has 1 heterocycles. The number of nitrogens with zero attached hydrogens (tertiary/aromatic N) is 1. The number of carbonyl (C=O) groups is 2. The molecular formula is C20H24Cl2N2O3. The first-order chi connectivity index (χ1) is 12.9. The zero-order valence-electron chi connectivity index (χ0n) is 15.3. The summed E-state index contributed by atoms with van der Waals surface area (Å²) in [4.78, 5) is 27.9. The largest absolute Gasteiger partial charge is 0.353 e. The number of nitrogens with one attached hydrogen (secondary N) is 1. The fourth-order valence-corrected chi connectivity index (χ4v) is 4.37. The number of hydrogen-bond donors (Lipinski definition) is 1. The summed E-state index contributed by atoms with van der Waals surface area (Å²) < 4.78 is 6.16. The summed E-state index contributed by atoms with van der Waals surface area (Å²) in [6.45, 7) is 2.45. The lowest BCUT2D eigenvalue weighted by Gasteiger charge is -2.43. The van der Waals surface area contributed by atoms with Gasteiger partial charge in [0.05, 0.1) is 16.7 Å².